The Morgan fingerprint density at radius 1 is 0.920 bits per heavy atom. The lowest BCUT2D eigenvalue weighted by atomic mass is 10.1. The second-order valence-electron chi connectivity index (χ2n) is 6.13. The number of fused-ring (bicyclic) bond motifs is 1. The number of aryl methyl sites for hydroxylation is 1. The van der Waals surface area contributed by atoms with Gasteiger partial charge in [-0.1, -0.05) is 24.3 Å². The van der Waals surface area contributed by atoms with Gasteiger partial charge in [0.15, 0.2) is 11.6 Å². The highest BCUT2D eigenvalue weighted by Crippen LogP contribution is 2.29. The number of Topliss-reactive ketones (excluding diaryl/α,β-unsaturated/α-hetero) is 2. The standard InChI is InChI=1S/C21H16N2O2/c1-13-11-15(14(2)23(13)16-7-9-22-10-8-16)12-19-20(24)17-5-3-4-6-18(17)21(19)25/h3-12H,1-2H3. The Labute approximate surface area is 145 Å². The van der Waals surface area contributed by atoms with Crippen molar-refractivity contribution in [1.29, 1.82) is 0 Å². The second-order valence-corrected chi connectivity index (χ2v) is 6.13. The van der Waals surface area contributed by atoms with Gasteiger partial charge < -0.3 is 4.57 Å². The molecule has 0 aliphatic heterocycles. The lowest BCUT2D eigenvalue weighted by Gasteiger charge is -2.08. The van der Waals surface area contributed by atoms with E-state index < -0.39 is 0 Å². The van der Waals surface area contributed by atoms with Crippen molar-refractivity contribution in [2.24, 2.45) is 0 Å². The maximum absolute atomic E-state index is 12.6. The smallest absolute Gasteiger partial charge is 0.197 e. The third-order valence-corrected chi connectivity index (χ3v) is 4.60. The number of pyridine rings is 1. The summed E-state index contributed by atoms with van der Waals surface area (Å²) >= 11 is 0. The van der Waals surface area contributed by atoms with E-state index in [9.17, 15) is 9.59 Å². The topological polar surface area (TPSA) is 52.0 Å². The minimum absolute atomic E-state index is 0.200. The first-order valence-corrected chi connectivity index (χ1v) is 8.07. The highest BCUT2D eigenvalue weighted by molar-refractivity contribution is 6.41. The number of benzene rings is 1. The summed E-state index contributed by atoms with van der Waals surface area (Å²) in [4.78, 5) is 29.2. The molecule has 1 aliphatic carbocycles. The van der Waals surface area contributed by atoms with Gasteiger partial charge in [-0.05, 0) is 43.7 Å². The minimum Gasteiger partial charge on any atom is -0.318 e. The van der Waals surface area contributed by atoms with Gasteiger partial charge in [0.25, 0.3) is 0 Å². The number of aromatic nitrogens is 2. The van der Waals surface area contributed by atoms with Gasteiger partial charge in [-0.3, -0.25) is 14.6 Å². The first-order valence-electron chi connectivity index (χ1n) is 8.07. The van der Waals surface area contributed by atoms with E-state index in [-0.39, 0.29) is 17.1 Å². The van der Waals surface area contributed by atoms with Gasteiger partial charge in [-0.15, -0.1) is 0 Å². The van der Waals surface area contributed by atoms with Crippen LogP contribution in [0.2, 0.25) is 0 Å². The zero-order chi connectivity index (χ0) is 17.6. The van der Waals surface area contributed by atoms with Crippen LogP contribution >= 0.6 is 0 Å². The molecular formula is C21H16N2O2. The summed E-state index contributed by atoms with van der Waals surface area (Å²) < 4.78 is 2.09. The zero-order valence-electron chi connectivity index (χ0n) is 14.0. The van der Waals surface area contributed by atoms with Gasteiger partial charge in [0.05, 0.1) is 5.57 Å². The molecule has 0 bridgehead atoms. The van der Waals surface area contributed by atoms with Gasteiger partial charge in [0.1, 0.15) is 0 Å². The van der Waals surface area contributed by atoms with Crippen LogP contribution in [0.15, 0.2) is 60.4 Å². The maximum atomic E-state index is 12.6. The van der Waals surface area contributed by atoms with E-state index in [2.05, 4.69) is 9.55 Å². The number of carbonyl (C=O) groups excluding carboxylic acids is 2. The molecule has 4 rings (SSSR count). The molecule has 0 spiro atoms. The molecule has 0 radical (unpaired) electrons. The molecule has 0 unspecified atom stereocenters. The number of ketones is 2. The Bertz CT molecular complexity index is 1010. The Morgan fingerprint density at radius 3 is 2.12 bits per heavy atom. The van der Waals surface area contributed by atoms with Gasteiger partial charge in [0, 0.05) is 40.6 Å². The summed E-state index contributed by atoms with van der Waals surface area (Å²) in [5, 5.41) is 0. The summed E-state index contributed by atoms with van der Waals surface area (Å²) in [7, 11) is 0. The van der Waals surface area contributed by atoms with Crippen LogP contribution in [-0.2, 0) is 0 Å². The van der Waals surface area contributed by atoms with Crippen molar-refractivity contribution >= 4 is 17.6 Å². The second kappa shape index (κ2) is 5.67. The van der Waals surface area contributed by atoms with E-state index in [1.165, 1.54) is 0 Å². The van der Waals surface area contributed by atoms with Crippen molar-refractivity contribution in [3.05, 3.63) is 88.5 Å². The number of carbonyl (C=O) groups is 2. The lowest BCUT2D eigenvalue weighted by molar-refractivity contribution is 0.0990. The minimum atomic E-state index is -0.200. The van der Waals surface area contributed by atoms with Gasteiger partial charge in [-0.2, -0.15) is 0 Å². The predicted octanol–water partition coefficient (Wildman–Crippen LogP) is 3.95. The van der Waals surface area contributed by atoms with Crippen LogP contribution < -0.4 is 0 Å². The highest BCUT2D eigenvalue weighted by Gasteiger charge is 2.32. The van der Waals surface area contributed by atoms with E-state index in [1.807, 2.05) is 32.0 Å². The van der Waals surface area contributed by atoms with Crippen LogP contribution in [0.3, 0.4) is 0 Å². The maximum Gasteiger partial charge on any atom is 0.197 e. The average molecular weight is 328 g/mol. The number of allylic oxidation sites excluding steroid dienone is 1. The molecule has 0 atom stereocenters. The van der Waals surface area contributed by atoms with Crippen molar-refractivity contribution in [3.63, 3.8) is 0 Å². The van der Waals surface area contributed by atoms with Crippen molar-refractivity contribution in [1.82, 2.24) is 9.55 Å². The molecule has 25 heavy (non-hydrogen) atoms. The average Bonchev–Trinajstić information content (AvgIpc) is 3.04. The van der Waals surface area contributed by atoms with Crippen molar-refractivity contribution in [2.75, 3.05) is 0 Å². The molecule has 1 aliphatic rings. The van der Waals surface area contributed by atoms with Crippen molar-refractivity contribution < 1.29 is 9.59 Å². The molecule has 4 heteroatoms. The molecule has 0 fully saturated rings. The number of hydrogen-bond donors (Lipinski definition) is 0. The van der Waals surface area contributed by atoms with Crippen LogP contribution in [0.5, 0.6) is 0 Å². The first-order chi connectivity index (χ1) is 12.1. The molecule has 122 valence electrons. The van der Waals surface area contributed by atoms with E-state index in [0.29, 0.717) is 11.1 Å². The molecule has 3 aromatic rings. The summed E-state index contributed by atoms with van der Waals surface area (Å²) in [6.07, 6.45) is 5.20. The quantitative estimate of drug-likeness (QED) is 0.529. The predicted molar refractivity (Wildman–Crippen MR) is 96.1 cm³/mol. The van der Waals surface area contributed by atoms with Gasteiger partial charge >= 0.3 is 0 Å². The van der Waals surface area contributed by atoms with Crippen LogP contribution in [0, 0.1) is 13.8 Å². The van der Waals surface area contributed by atoms with E-state index in [0.717, 1.165) is 22.6 Å². The largest absolute Gasteiger partial charge is 0.318 e. The van der Waals surface area contributed by atoms with Crippen LogP contribution in [0.25, 0.3) is 11.8 Å². The van der Waals surface area contributed by atoms with Crippen LogP contribution in [0.4, 0.5) is 0 Å². The third-order valence-electron chi connectivity index (χ3n) is 4.60. The van der Waals surface area contributed by atoms with E-state index in [4.69, 9.17) is 0 Å². The first kappa shape index (κ1) is 15.3. The zero-order valence-corrected chi connectivity index (χ0v) is 14.0. The molecule has 0 amide bonds. The molecule has 0 N–H and O–H groups in total. The number of nitrogens with zero attached hydrogens (tertiary/aromatic N) is 2. The highest BCUT2D eigenvalue weighted by atomic mass is 16.2. The van der Waals surface area contributed by atoms with Gasteiger partial charge in [0.2, 0.25) is 0 Å². The molecule has 2 heterocycles. The molecule has 1 aromatic carbocycles. The van der Waals surface area contributed by atoms with E-state index >= 15 is 0 Å². The number of rotatable bonds is 2. The molecule has 2 aromatic heterocycles. The Hall–Kier alpha value is -3.27. The SMILES string of the molecule is Cc1cc(C=C2C(=O)c3ccccc3C2=O)c(C)n1-c1ccncc1. The molecule has 0 saturated heterocycles. The van der Waals surface area contributed by atoms with Crippen molar-refractivity contribution in [2.45, 2.75) is 13.8 Å². The lowest BCUT2D eigenvalue weighted by Crippen LogP contribution is -2.01. The monoisotopic (exact) mass is 328 g/mol. The number of hydrogen-bond acceptors (Lipinski definition) is 3. The summed E-state index contributed by atoms with van der Waals surface area (Å²) in [5.41, 5.74) is 5.10. The fourth-order valence-electron chi connectivity index (χ4n) is 3.38. The van der Waals surface area contributed by atoms with Crippen LogP contribution in [-0.4, -0.2) is 21.1 Å². The summed E-state index contributed by atoms with van der Waals surface area (Å²) in [6, 6.07) is 12.8. The fourth-order valence-corrected chi connectivity index (χ4v) is 3.38. The van der Waals surface area contributed by atoms with E-state index in [1.54, 1.807) is 42.7 Å². The van der Waals surface area contributed by atoms with Crippen molar-refractivity contribution in [3.8, 4) is 5.69 Å². The summed E-state index contributed by atoms with van der Waals surface area (Å²) in [6.45, 7) is 3.99. The Kier molecular flexibility index (Phi) is 3.46. The molecule has 4 nitrogen and oxygen atoms in total. The van der Waals surface area contributed by atoms with Gasteiger partial charge in [-0.25, -0.2) is 0 Å². The molecule has 0 saturated carbocycles. The third kappa shape index (κ3) is 2.34. The Balaban J connectivity index is 1.82. The fraction of sp³-hybridized carbons (Fsp3) is 0.0952. The normalized spacial score (nSPS) is 13.3. The summed E-state index contributed by atoms with van der Waals surface area (Å²) in [5.74, 6) is -0.399. The Morgan fingerprint density at radius 2 is 1.52 bits per heavy atom. The molecular weight excluding hydrogens is 312 g/mol. The van der Waals surface area contributed by atoms with Crippen LogP contribution in [0.1, 0.15) is 37.7 Å².